The smallest absolute Gasteiger partial charge is 0.320 e. The lowest BCUT2D eigenvalue weighted by Crippen LogP contribution is -2.42. The number of carbonyl (C=O) groups excluding carboxylic acids is 1. The Balaban J connectivity index is 3.43. The van der Waals surface area contributed by atoms with Crippen LogP contribution in [0.15, 0.2) is 0 Å². The van der Waals surface area contributed by atoms with Gasteiger partial charge in [0.05, 0.1) is 6.67 Å². The molecular formula is C6H12N2O4. The molecule has 0 heterocycles. The normalized spacial score (nSPS) is 12.2. The number of hydrogen-bond acceptors (Lipinski definition) is 4. The highest BCUT2D eigenvalue weighted by Gasteiger charge is 2.08. The Hall–Kier alpha value is -1.14. The van der Waals surface area contributed by atoms with Crippen LogP contribution in [0.4, 0.5) is 0 Å². The molecule has 12 heavy (non-hydrogen) atoms. The van der Waals surface area contributed by atoms with E-state index in [-0.39, 0.29) is 6.67 Å². The number of carboxylic acids is 1. The first-order valence-electron chi connectivity index (χ1n) is 3.41. The third kappa shape index (κ3) is 4.64. The van der Waals surface area contributed by atoms with Crippen molar-refractivity contribution >= 4 is 11.9 Å². The Labute approximate surface area is 69.6 Å². The molecule has 0 aromatic rings. The number of aliphatic hydroxyl groups excluding tert-OH is 1. The minimum Gasteiger partial charge on any atom is -0.480 e. The van der Waals surface area contributed by atoms with Crippen molar-refractivity contribution in [2.24, 2.45) is 0 Å². The number of aliphatic hydroxyl groups is 1. The van der Waals surface area contributed by atoms with Gasteiger partial charge in [0.2, 0.25) is 5.91 Å². The second-order valence-electron chi connectivity index (χ2n) is 2.20. The van der Waals surface area contributed by atoms with Gasteiger partial charge in [-0.15, -0.1) is 0 Å². The molecule has 70 valence electrons. The summed E-state index contributed by atoms with van der Waals surface area (Å²) in [6, 6.07) is -0.719. The summed E-state index contributed by atoms with van der Waals surface area (Å²) < 4.78 is 0. The quantitative estimate of drug-likeness (QED) is 0.367. The molecule has 1 atom stereocenters. The molecule has 0 fully saturated rings. The maximum atomic E-state index is 10.4. The SMILES string of the molecule is C[C@H](NCNC(=O)CO)C(=O)O. The lowest BCUT2D eigenvalue weighted by Gasteiger charge is -2.08. The van der Waals surface area contributed by atoms with E-state index in [9.17, 15) is 9.59 Å². The van der Waals surface area contributed by atoms with E-state index in [1.807, 2.05) is 0 Å². The minimum absolute atomic E-state index is 0.0346. The fraction of sp³-hybridized carbons (Fsp3) is 0.667. The van der Waals surface area contributed by atoms with Gasteiger partial charge in [-0.2, -0.15) is 0 Å². The molecule has 0 saturated carbocycles. The summed E-state index contributed by atoms with van der Waals surface area (Å²) >= 11 is 0. The fourth-order valence-electron chi connectivity index (χ4n) is 0.446. The van der Waals surface area contributed by atoms with Gasteiger partial charge in [-0.3, -0.25) is 14.9 Å². The maximum absolute atomic E-state index is 10.4. The van der Waals surface area contributed by atoms with Gasteiger partial charge < -0.3 is 15.5 Å². The Morgan fingerprint density at radius 3 is 2.50 bits per heavy atom. The molecule has 0 aliphatic rings. The van der Waals surface area contributed by atoms with E-state index in [0.29, 0.717) is 0 Å². The molecule has 4 N–H and O–H groups in total. The molecule has 0 radical (unpaired) electrons. The Kier molecular flexibility index (Phi) is 4.98. The number of aliphatic carboxylic acids is 1. The van der Waals surface area contributed by atoms with Gasteiger partial charge in [-0.1, -0.05) is 0 Å². The highest BCUT2D eigenvalue weighted by molar-refractivity contribution is 5.77. The van der Waals surface area contributed by atoms with Crippen LogP contribution in [0.3, 0.4) is 0 Å². The third-order valence-electron chi connectivity index (χ3n) is 1.21. The van der Waals surface area contributed by atoms with Crippen LogP contribution in [0, 0.1) is 0 Å². The molecule has 6 nitrogen and oxygen atoms in total. The van der Waals surface area contributed by atoms with Crippen molar-refractivity contribution in [1.29, 1.82) is 0 Å². The first kappa shape index (κ1) is 10.9. The first-order chi connectivity index (χ1) is 5.57. The summed E-state index contributed by atoms with van der Waals surface area (Å²) in [5.41, 5.74) is 0. The standard InChI is InChI=1S/C6H12N2O4/c1-4(6(11)12)7-3-8-5(10)2-9/h4,7,9H,2-3H2,1H3,(H,8,10)(H,11,12)/t4-/m0/s1. The average molecular weight is 176 g/mol. The largest absolute Gasteiger partial charge is 0.480 e. The number of carbonyl (C=O) groups is 2. The predicted molar refractivity (Wildman–Crippen MR) is 40.3 cm³/mol. The summed E-state index contributed by atoms with van der Waals surface area (Å²) in [6.45, 7) is 0.892. The van der Waals surface area contributed by atoms with Crippen molar-refractivity contribution in [3.63, 3.8) is 0 Å². The molecule has 0 aliphatic heterocycles. The molecule has 0 aromatic carbocycles. The van der Waals surface area contributed by atoms with E-state index in [1.165, 1.54) is 6.92 Å². The maximum Gasteiger partial charge on any atom is 0.320 e. The zero-order valence-corrected chi connectivity index (χ0v) is 6.70. The Morgan fingerprint density at radius 2 is 2.08 bits per heavy atom. The van der Waals surface area contributed by atoms with E-state index in [0.717, 1.165) is 0 Å². The summed E-state index contributed by atoms with van der Waals surface area (Å²) in [5, 5.41) is 21.4. The number of carboxylic acid groups (broad SMARTS) is 1. The number of rotatable bonds is 5. The summed E-state index contributed by atoms with van der Waals surface area (Å²) in [5.74, 6) is -1.53. The Bertz CT molecular complexity index is 171. The second-order valence-corrected chi connectivity index (χ2v) is 2.20. The monoisotopic (exact) mass is 176 g/mol. The fourth-order valence-corrected chi connectivity index (χ4v) is 0.446. The van der Waals surface area contributed by atoms with Crippen molar-refractivity contribution in [3.8, 4) is 0 Å². The molecule has 6 heteroatoms. The lowest BCUT2D eigenvalue weighted by molar-refractivity contribution is -0.139. The molecule has 0 unspecified atom stereocenters. The van der Waals surface area contributed by atoms with Crippen molar-refractivity contribution in [3.05, 3.63) is 0 Å². The van der Waals surface area contributed by atoms with E-state index < -0.39 is 24.5 Å². The van der Waals surface area contributed by atoms with Gasteiger partial charge in [-0.25, -0.2) is 0 Å². The molecule has 0 spiro atoms. The van der Waals surface area contributed by atoms with Crippen molar-refractivity contribution in [2.45, 2.75) is 13.0 Å². The van der Waals surface area contributed by atoms with E-state index in [1.54, 1.807) is 0 Å². The molecule has 0 aliphatic carbocycles. The summed E-state index contributed by atoms with van der Waals surface area (Å²) in [6.07, 6.45) is 0. The Morgan fingerprint density at radius 1 is 1.50 bits per heavy atom. The van der Waals surface area contributed by atoms with Crippen LogP contribution in [0.25, 0.3) is 0 Å². The first-order valence-corrected chi connectivity index (χ1v) is 3.41. The lowest BCUT2D eigenvalue weighted by atomic mass is 10.3. The van der Waals surface area contributed by atoms with Crippen LogP contribution in [-0.2, 0) is 9.59 Å². The van der Waals surface area contributed by atoms with Crippen LogP contribution in [-0.4, -0.2) is 41.4 Å². The molecular weight excluding hydrogens is 164 g/mol. The van der Waals surface area contributed by atoms with Crippen LogP contribution >= 0.6 is 0 Å². The molecule has 0 bridgehead atoms. The van der Waals surface area contributed by atoms with E-state index in [2.05, 4.69) is 10.6 Å². The van der Waals surface area contributed by atoms with Crippen molar-refractivity contribution in [2.75, 3.05) is 13.3 Å². The zero-order chi connectivity index (χ0) is 9.56. The van der Waals surface area contributed by atoms with Crippen LogP contribution in [0.1, 0.15) is 6.92 Å². The van der Waals surface area contributed by atoms with Crippen LogP contribution in [0.5, 0.6) is 0 Å². The number of nitrogens with one attached hydrogen (secondary N) is 2. The second kappa shape index (κ2) is 5.50. The van der Waals surface area contributed by atoms with Gasteiger partial charge in [0.15, 0.2) is 0 Å². The number of hydrogen-bond donors (Lipinski definition) is 4. The molecule has 0 saturated heterocycles. The highest BCUT2D eigenvalue weighted by Crippen LogP contribution is 1.77. The van der Waals surface area contributed by atoms with E-state index >= 15 is 0 Å². The van der Waals surface area contributed by atoms with Gasteiger partial charge in [0, 0.05) is 0 Å². The molecule has 0 aromatic heterocycles. The van der Waals surface area contributed by atoms with Crippen molar-refractivity contribution < 1.29 is 19.8 Å². The topological polar surface area (TPSA) is 98.7 Å². The minimum atomic E-state index is -0.992. The molecule has 1 amide bonds. The average Bonchev–Trinajstić information content (AvgIpc) is 2.03. The van der Waals surface area contributed by atoms with Gasteiger partial charge in [0.25, 0.3) is 0 Å². The van der Waals surface area contributed by atoms with Crippen molar-refractivity contribution in [1.82, 2.24) is 10.6 Å². The number of amides is 1. The highest BCUT2D eigenvalue weighted by atomic mass is 16.4. The van der Waals surface area contributed by atoms with Crippen LogP contribution < -0.4 is 10.6 Å². The van der Waals surface area contributed by atoms with Gasteiger partial charge in [0.1, 0.15) is 12.6 Å². The summed E-state index contributed by atoms with van der Waals surface area (Å²) in [4.78, 5) is 20.6. The summed E-state index contributed by atoms with van der Waals surface area (Å²) in [7, 11) is 0. The predicted octanol–water partition coefficient (Wildman–Crippen LogP) is -1.88. The van der Waals surface area contributed by atoms with Gasteiger partial charge in [-0.05, 0) is 6.92 Å². The van der Waals surface area contributed by atoms with E-state index in [4.69, 9.17) is 10.2 Å². The molecule has 0 rings (SSSR count). The zero-order valence-electron chi connectivity index (χ0n) is 6.70. The van der Waals surface area contributed by atoms with Gasteiger partial charge >= 0.3 is 5.97 Å². The van der Waals surface area contributed by atoms with Crippen LogP contribution in [0.2, 0.25) is 0 Å². The third-order valence-corrected chi connectivity index (χ3v) is 1.21.